The molecule has 4 atom stereocenters. The molecule has 4 aliphatic carbocycles. The van der Waals surface area contributed by atoms with E-state index in [4.69, 9.17) is 18.9 Å². The summed E-state index contributed by atoms with van der Waals surface area (Å²) in [5.74, 6) is 1.38. The van der Waals surface area contributed by atoms with Crippen molar-refractivity contribution in [3.63, 3.8) is 0 Å². The lowest BCUT2D eigenvalue weighted by Crippen LogP contribution is -2.70. The van der Waals surface area contributed by atoms with E-state index in [-0.39, 0.29) is 5.56 Å². The molecule has 0 radical (unpaired) electrons. The van der Waals surface area contributed by atoms with Gasteiger partial charge in [-0.3, -0.25) is 4.98 Å². The Kier molecular flexibility index (Phi) is 6.57. The van der Waals surface area contributed by atoms with Gasteiger partial charge in [0.25, 0.3) is 0 Å². The van der Waals surface area contributed by atoms with Crippen LogP contribution >= 0.6 is 0 Å². The Morgan fingerprint density at radius 2 is 1.12 bits per heavy atom. The van der Waals surface area contributed by atoms with Gasteiger partial charge in [-0.05, 0) is 98.0 Å². The van der Waals surface area contributed by atoms with Crippen LogP contribution in [0.15, 0.2) is 103 Å². The van der Waals surface area contributed by atoms with E-state index in [1.165, 1.54) is 6.20 Å². The lowest BCUT2D eigenvalue weighted by molar-refractivity contribution is -0.228. The molecule has 1 aromatic heterocycles. The van der Waals surface area contributed by atoms with Gasteiger partial charge in [-0.1, -0.05) is 18.2 Å². The number of carboxylic acid groups (broad SMARTS) is 1. The predicted molar refractivity (Wildman–Crippen MR) is 157 cm³/mol. The van der Waals surface area contributed by atoms with Crippen LogP contribution < -0.4 is 18.9 Å². The van der Waals surface area contributed by atoms with E-state index >= 15 is 0 Å². The third-order valence-electron chi connectivity index (χ3n) is 8.70. The van der Waals surface area contributed by atoms with E-state index in [1.54, 1.807) is 66.9 Å². The summed E-state index contributed by atoms with van der Waals surface area (Å²) in [6.07, 6.45) is 7.85. The molecule has 8 heteroatoms. The number of rotatable bonds is 9. The molecule has 0 amide bonds. The summed E-state index contributed by atoms with van der Waals surface area (Å²) in [7, 11) is 0. The molecule has 4 bridgehead atoms. The monoisotopic (exact) mass is 577 g/mol. The maximum atomic E-state index is 12.7. The third-order valence-corrected chi connectivity index (χ3v) is 8.70. The summed E-state index contributed by atoms with van der Waals surface area (Å²) in [5, 5.41) is 9.34. The number of aromatic nitrogens is 1. The van der Waals surface area contributed by atoms with E-state index in [2.05, 4.69) is 4.98 Å². The van der Waals surface area contributed by atoms with Crippen LogP contribution in [0.5, 0.6) is 23.0 Å². The van der Waals surface area contributed by atoms with Crippen LogP contribution in [0.1, 0.15) is 59.2 Å². The Hall–Kier alpha value is -4.85. The van der Waals surface area contributed by atoms with Crippen molar-refractivity contribution in [3.8, 4) is 23.0 Å². The molecule has 3 aromatic carbocycles. The Labute approximate surface area is 249 Å². The number of carboxylic acids is 1. The molecule has 43 heavy (non-hydrogen) atoms. The Morgan fingerprint density at radius 1 is 0.628 bits per heavy atom. The molecular weight excluding hydrogens is 546 g/mol. The molecule has 4 aliphatic rings. The second-order valence-corrected chi connectivity index (χ2v) is 12.1. The van der Waals surface area contributed by atoms with Crippen LogP contribution in [0.2, 0.25) is 0 Å². The number of hydrogen-bond acceptors (Lipinski definition) is 7. The van der Waals surface area contributed by atoms with Crippen LogP contribution in [-0.4, -0.2) is 38.8 Å². The molecule has 8 rings (SSSR count). The molecule has 4 unspecified atom stereocenters. The fourth-order valence-corrected chi connectivity index (χ4v) is 7.65. The summed E-state index contributed by atoms with van der Waals surface area (Å²) in [6, 6.07) is 26.9. The van der Waals surface area contributed by atoms with Gasteiger partial charge in [-0.2, -0.15) is 0 Å². The van der Waals surface area contributed by atoms with Crippen molar-refractivity contribution in [2.24, 2.45) is 5.92 Å². The summed E-state index contributed by atoms with van der Waals surface area (Å²) in [6.45, 7) is 0. The molecule has 1 N–H and O–H groups in total. The van der Waals surface area contributed by atoms with Crippen molar-refractivity contribution in [2.75, 3.05) is 0 Å². The number of hydrogen-bond donors (Lipinski definition) is 1. The van der Waals surface area contributed by atoms with E-state index in [0.29, 0.717) is 48.0 Å². The van der Waals surface area contributed by atoms with E-state index in [9.17, 15) is 14.7 Å². The Bertz CT molecular complexity index is 1630. The molecule has 0 saturated heterocycles. The van der Waals surface area contributed by atoms with Gasteiger partial charge in [0.2, 0.25) is 0 Å². The molecule has 4 saturated carbocycles. The van der Waals surface area contributed by atoms with Crippen molar-refractivity contribution in [3.05, 3.63) is 115 Å². The van der Waals surface area contributed by atoms with Crippen LogP contribution in [0, 0.1) is 5.92 Å². The molecule has 0 aliphatic heterocycles. The van der Waals surface area contributed by atoms with Crippen LogP contribution in [-0.2, 0) is 0 Å². The topological polar surface area (TPSA) is 104 Å². The summed E-state index contributed by atoms with van der Waals surface area (Å²) >= 11 is 0. The van der Waals surface area contributed by atoms with E-state index < -0.39 is 28.7 Å². The van der Waals surface area contributed by atoms with Crippen LogP contribution in [0.3, 0.4) is 0 Å². The van der Waals surface area contributed by atoms with Gasteiger partial charge in [0.05, 0.1) is 17.3 Å². The lowest BCUT2D eigenvalue weighted by Gasteiger charge is -2.64. The van der Waals surface area contributed by atoms with Crippen LogP contribution in [0.4, 0.5) is 0 Å². The zero-order valence-electron chi connectivity index (χ0n) is 23.5. The zero-order chi connectivity index (χ0) is 29.5. The molecule has 4 aromatic rings. The minimum Gasteiger partial charge on any atom is -0.487 e. The number of para-hydroxylation sites is 1. The molecule has 8 nitrogen and oxygen atoms in total. The molecule has 4 fully saturated rings. The highest BCUT2D eigenvalue weighted by Crippen LogP contribution is 2.62. The minimum atomic E-state index is -0.972. The van der Waals surface area contributed by atoms with Gasteiger partial charge < -0.3 is 24.1 Å². The van der Waals surface area contributed by atoms with E-state index in [0.717, 1.165) is 25.0 Å². The third kappa shape index (κ3) is 5.52. The number of esters is 1. The van der Waals surface area contributed by atoms with Crippen molar-refractivity contribution in [1.29, 1.82) is 0 Å². The molecular formula is C35H31NO7. The molecule has 1 heterocycles. The number of carbonyl (C=O) groups is 2. The fraction of sp³-hybridized carbons (Fsp3) is 0.286. The zero-order valence-corrected chi connectivity index (χ0v) is 23.5. The van der Waals surface area contributed by atoms with Gasteiger partial charge in [-0.25, -0.2) is 9.59 Å². The highest BCUT2D eigenvalue weighted by Gasteiger charge is 2.67. The highest BCUT2D eigenvalue weighted by molar-refractivity contribution is 5.91. The molecule has 0 spiro atoms. The van der Waals surface area contributed by atoms with Gasteiger partial charge in [0, 0.05) is 25.5 Å². The van der Waals surface area contributed by atoms with Gasteiger partial charge >= 0.3 is 11.9 Å². The maximum absolute atomic E-state index is 12.7. The lowest BCUT2D eigenvalue weighted by atomic mass is 9.50. The number of pyridine rings is 1. The number of carbonyl (C=O) groups excluding carboxylic acids is 1. The number of nitrogens with zero attached hydrogens (tertiary/aromatic N) is 1. The Balaban J connectivity index is 1.16. The first-order valence-electron chi connectivity index (χ1n) is 14.5. The van der Waals surface area contributed by atoms with Gasteiger partial charge in [0.1, 0.15) is 39.8 Å². The van der Waals surface area contributed by atoms with E-state index in [1.807, 2.05) is 30.3 Å². The largest absolute Gasteiger partial charge is 0.487 e. The van der Waals surface area contributed by atoms with Crippen LogP contribution in [0.25, 0.3) is 0 Å². The summed E-state index contributed by atoms with van der Waals surface area (Å²) in [5.41, 5.74) is -0.918. The second kappa shape index (κ2) is 10.5. The first-order valence-corrected chi connectivity index (χ1v) is 14.5. The number of aromatic carboxylic acids is 1. The average Bonchev–Trinajstić information content (AvgIpc) is 2.97. The van der Waals surface area contributed by atoms with Gasteiger partial charge in [0.15, 0.2) is 0 Å². The second-order valence-electron chi connectivity index (χ2n) is 12.1. The summed E-state index contributed by atoms with van der Waals surface area (Å²) in [4.78, 5) is 28.0. The standard InChI is InChI=1S/C35H31NO7/c37-31(38)25-8-12-28(13-9-25)42-34-18-24-17-33(21-34,41-27-5-2-1-3-6-27)22-35(19-24,23-34)43-29-14-10-26(11-15-29)32(39)40-30-7-4-16-36-20-30/h1-16,20,24H,17-19,21-23H2,(H,37,38). The smallest absolute Gasteiger partial charge is 0.343 e. The van der Waals surface area contributed by atoms with Crippen molar-refractivity contribution in [1.82, 2.24) is 4.98 Å². The minimum absolute atomic E-state index is 0.217. The highest BCUT2D eigenvalue weighted by atomic mass is 16.5. The maximum Gasteiger partial charge on any atom is 0.343 e. The SMILES string of the molecule is O=C(O)c1ccc(OC23CC4CC(Oc5ccccc5)(C2)CC(Oc2ccc(C(=O)Oc5cccnc5)cc2)(C4)C3)cc1. The average molecular weight is 578 g/mol. The Morgan fingerprint density at radius 3 is 1.60 bits per heavy atom. The van der Waals surface area contributed by atoms with Crippen molar-refractivity contribution >= 4 is 11.9 Å². The number of ether oxygens (including phenoxy) is 4. The van der Waals surface area contributed by atoms with Crippen molar-refractivity contribution < 1.29 is 33.6 Å². The predicted octanol–water partition coefficient (Wildman–Crippen LogP) is 6.75. The first-order chi connectivity index (χ1) is 20.8. The molecule has 218 valence electrons. The quantitative estimate of drug-likeness (QED) is 0.218. The van der Waals surface area contributed by atoms with Crippen molar-refractivity contribution in [2.45, 2.75) is 55.3 Å². The fourth-order valence-electron chi connectivity index (χ4n) is 7.65. The van der Waals surface area contributed by atoms with Gasteiger partial charge in [-0.15, -0.1) is 0 Å². The summed E-state index contributed by atoms with van der Waals surface area (Å²) < 4.78 is 25.8. The number of benzene rings is 3. The normalized spacial score (nSPS) is 26.8. The first kappa shape index (κ1) is 27.0.